The summed E-state index contributed by atoms with van der Waals surface area (Å²) in [4.78, 5) is 41.2. The van der Waals surface area contributed by atoms with Crippen molar-refractivity contribution in [3.8, 4) is 0 Å². The van der Waals surface area contributed by atoms with Crippen molar-refractivity contribution in [1.82, 2.24) is 20.9 Å². The van der Waals surface area contributed by atoms with Crippen molar-refractivity contribution in [3.63, 3.8) is 0 Å². The number of aromatic amines is 1. The van der Waals surface area contributed by atoms with E-state index in [1.807, 2.05) is 44.3 Å². The van der Waals surface area contributed by atoms with Gasteiger partial charge in [-0.3, -0.25) is 14.4 Å². The summed E-state index contributed by atoms with van der Waals surface area (Å²) in [6.07, 6.45) is 2.76. The fourth-order valence-electron chi connectivity index (χ4n) is 3.41. The highest BCUT2D eigenvalue weighted by Crippen LogP contribution is 2.20. The number of hydrogen-bond donors (Lipinski definition) is 5. The summed E-state index contributed by atoms with van der Waals surface area (Å²) in [6, 6.07) is 4.97. The lowest BCUT2D eigenvalue weighted by Crippen LogP contribution is -2.54. The van der Waals surface area contributed by atoms with Crippen molar-refractivity contribution < 1.29 is 19.5 Å². The molecule has 1 unspecified atom stereocenters. The largest absolute Gasteiger partial charge is 0.394 e. The van der Waals surface area contributed by atoms with Gasteiger partial charge in [-0.2, -0.15) is 0 Å². The first-order valence-corrected chi connectivity index (χ1v) is 9.51. The van der Waals surface area contributed by atoms with E-state index in [9.17, 15) is 19.5 Å². The van der Waals surface area contributed by atoms with Crippen LogP contribution in [-0.2, 0) is 20.8 Å². The maximum Gasteiger partial charge on any atom is 0.245 e. The summed E-state index contributed by atoms with van der Waals surface area (Å²) in [5.41, 5.74) is 1.82. The van der Waals surface area contributed by atoms with Crippen molar-refractivity contribution in [2.24, 2.45) is 5.92 Å². The van der Waals surface area contributed by atoms with Gasteiger partial charge >= 0.3 is 0 Å². The highest BCUT2D eigenvalue weighted by molar-refractivity contribution is 5.97. The Morgan fingerprint density at radius 1 is 1.00 bits per heavy atom. The average Bonchev–Trinajstić information content (AvgIpc) is 3.12. The van der Waals surface area contributed by atoms with Gasteiger partial charge in [-0.25, -0.2) is 0 Å². The molecule has 0 saturated carbocycles. The summed E-state index contributed by atoms with van der Waals surface area (Å²) < 4.78 is 0. The van der Waals surface area contributed by atoms with E-state index in [0.717, 1.165) is 16.5 Å². The van der Waals surface area contributed by atoms with Gasteiger partial charge in [-0.15, -0.1) is 0 Å². The molecule has 1 aromatic carbocycles. The third kappa shape index (κ3) is 4.01. The van der Waals surface area contributed by atoms with Crippen LogP contribution in [-0.4, -0.2) is 52.5 Å². The smallest absolute Gasteiger partial charge is 0.245 e. The lowest BCUT2D eigenvalue weighted by molar-refractivity contribution is -0.131. The maximum absolute atomic E-state index is 12.9. The molecule has 0 radical (unpaired) electrons. The minimum absolute atomic E-state index is 0.120. The van der Waals surface area contributed by atoms with E-state index in [2.05, 4.69) is 20.9 Å². The molecule has 1 aromatic heterocycles. The summed E-state index contributed by atoms with van der Waals surface area (Å²) in [6.45, 7) is 3.24. The second-order valence-corrected chi connectivity index (χ2v) is 7.24. The Hall–Kier alpha value is -2.87. The highest BCUT2D eigenvalue weighted by atomic mass is 16.3. The van der Waals surface area contributed by atoms with Crippen LogP contribution in [0.1, 0.15) is 25.8 Å². The Balaban J connectivity index is 1.91. The molecule has 4 atom stereocenters. The molecule has 1 aliphatic heterocycles. The van der Waals surface area contributed by atoms with E-state index in [1.54, 1.807) is 0 Å². The molecule has 150 valence electrons. The number of aliphatic hydroxyl groups excluding tert-OH is 1. The van der Waals surface area contributed by atoms with Gasteiger partial charge in [0.2, 0.25) is 17.7 Å². The van der Waals surface area contributed by atoms with Gasteiger partial charge in [-0.05, 0) is 17.5 Å². The number of aliphatic hydroxyl groups is 1. The molecule has 1 saturated heterocycles. The number of carbonyl (C=O) groups is 3. The molecule has 8 nitrogen and oxygen atoms in total. The van der Waals surface area contributed by atoms with Gasteiger partial charge < -0.3 is 26.0 Å². The summed E-state index contributed by atoms with van der Waals surface area (Å²) in [5.74, 6) is -1.59. The van der Waals surface area contributed by atoms with Gasteiger partial charge in [0.05, 0.1) is 6.61 Å². The summed E-state index contributed by atoms with van der Waals surface area (Å²) >= 11 is 0. The Kier molecular flexibility index (Phi) is 5.99. The fourth-order valence-corrected chi connectivity index (χ4v) is 3.41. The summed E-state index contributed by atoms with van der Waals surface area (Å²) in [5, 5.41) is 18.5. The number of aromatic nitrogens is 1. The molecule has 5 N–H and O–H groups in total. The topological polar surface area (TPSA) is 123 Å². The van der Waals surface area contributed by atoms with Gasteiger partial charge in [-0.1, -0.05) is 38.5 Å². The third-order valence-corrected chi connectivity index (χ3v) is 5.34. The molecule has 2 aromatic rings. The molecule has 0 spiro atoms. The number of carbonyl (C=O) groups excluding carboxylic acids is 3. The van der Waals surface area contributed by atoms with Crippen LogP contribution in [0.2, 0.25) is 0 Å². The van der Waals surface area contributed by atoms with Crippen LogP contribution in [0.4, 0.5) is 0 Å². The number of fused-ring (bicyclic) bond motifs is 1. The van der Waals surface area contributed by atoms with Crippen LogP contribution >= 0.6 is 0 Å². The molecule has 3 amide bonds. The minimum atomic E-state index is -1.10. The lowest BCUT2D eigenvalue weighted by atomic mass is 9.97. The standard InChI is InChI=1S/C20H26N4O4/c1-3-11(2)17-20(28)23-16(10-25)19(27)22-15(18(26)24-17)8-12-9-21-14-7-5-4-6-13(12)14/h4-7,9,11,15-17,21,25H,3,8,10H2,1-2H3,(H,22,27)(H,23,28)(H,24,26)/t11?,15-,16-,17-/m0/s1. The zero-order chi connectivity index (χ0) is 20.3. The van der Waals surface area contributed by atoms with Crippen LogP contribution in [0.5, 0.6) is 0 Å². The molecular weight excluding hydrogens is 360 g/mol. The van der Waals surface area contributed by atoms with Crippen molar-refractivity contribution in [3.05, 3.63) is 36.0 Å². The Labute approximate surface area is 163 Å². The molecule has 1 fully saturated rings. The van der Waals surface area contributed by atoms with Crippen molar-refractivity contribution >= 4 is 28.6 Å². The van der Waals surface area contributed by atoms with E-state index >= 15 is 0 Å². The van der Waals surface area contributed by atoms with Gasteiger partial charge in [0.25, 0.3) is 0 Å². The number of para-hydroxylation sites is 1. The molecule has 8 heteroatoms. The van der Waals surface area contributed by atoms with Gasteiger partial charge in [0.1, 0.15) is 18.1 Å². The molecule has 28 heavy (non-hydrogen) atoms. The van der Waals surface area contributed by atoms with Crippen LogP contribution in [0.15, 0.2) is 30.5 Å². The normalized spacial score (nSPS) is 24.5. The second-order valence-electron chi connectivity index (χ2n) is 7.24. The van der Waals surface area contributed by atoms with E-state index in [0.29, 0.717) is 6.42 Å². The first kappa shape index (κ1) is 19.9. The quantitative estimate of drug-likeness (QED) is 0.504. The molecular formula is C20H26N4O4. The number of nitrogens with one attached hydrogen (secondary N) is 4. The molecule has 3 rings (SSSR count). The van der Waals surface area contributed by atoms with Crippen LogP contribution in [0.3, 0.4) is 0 Å². The monoisotopic (exact) mass is 386 g/mol. The zero-order valence-corrected chi connectivity index (χ0v) is 16.0. The maximum atomic E-state index is 12.9. The number of amides is 3. The first-order valence-electron chi connectivity index (χ1n) is 9.51. The average molecular weight is 386 g/mol. The SMILES string of the molecule is CCC(C)[C@@H]1NC(=O)[C@H](Cc2c[nH]c3ccccc23)NC(=O)[C@H](CO)NC1=O. The van der Waals surface area contributed by atoms with Crippen LogP contribution < -0.4 is 16.0 Å². The highest BCUT2D eigenvalue weighted by Gasteiger charge is 2.35. The van der Waals surface area contributed by atoms with Crippen LogP contribution in [0.25, 0.3) is 10.9 Å². The first-order chi connectivity index (χ1) is 13.4. The minimum Gasteiger partial charge on any atom is -0.394 e. The van der Waals surface area contributed by atoms with Crippen molar-refractivity contribution in [2.45, 2.75) is 44.8 Å². The molecule has 1 aliphatic rings. The number of hydrogen-bond acceptors (Lipinski definition) is 4. The fraction of sp³-hybridized carbons (Fsp3) is 0.450. The lowest BCUT2D eigenvalue weighted by Gasteiger charge is -2.24. The number of benzene rings is 1. The van der Waals surface area contributed by atoms with E-state index in [4.69, 9.17) is 0 Å². The van der Waals surface area contributed by atoms with E-state index < -0.39 is 42.5 Å². The molecule has 2 heterocycles. The van der Waals surface area contributed by atoms with E-state index in [1.165, 1.54) is 0 Å². The van der Waals surface area contributed by atoms with Gasteiger partial charge in [0.15, 0.2) is 0 Å². The number of H-pyrrole nitrogens is 1. The van der Waals surface area contributed by atoms with Crippen molar-refractivity contribution in [1.29, 1.82) is 0 Å². The summed E-state index contributed by atoms with van der Waals surface area (Å²) in [7, 11) is 0. The Bertz CT molecular complexity index is 878. The van der Waals surface area contributed by atoms with Gasteiger partial charge in [0, 0.05) is 23.5 Å². The van der Waals surface area contributed by atoms with E-state index in [-0.39, 0.29) is 12.3 Å². The third-order valence-electron chi connectivity index (χ3n) is 5.34. The molecule has 0 bridgehead atoms. The predicted octanol–water partition coefficient (Wildman–Crippen LogP) is 0.217. The zero-order valence-electron chi connectivity index (χ0n) is 16.0. The van der Waals surface area contributed by atoms with Crippen molar-refractivity contribution in [2.75, 3.05) is 6.61 Å². The number of rotatable bonds is 5. The second kappa shape index (κ2) is 8.43. The van der Waals surface area contributed by atoms with Crippen LogP contribution in [0, 0.1) is 5.92 Å². The Morgan fingerprint density at radius 2 is 1.68 bits per heavy atom. The molecule has 0 aliphatic carbocycles. The predicted molar refractivity (Wildman–Crippen MR) is 104 cm³/mol. The Morgan fingerprint density at radius 3 is 2.39 bits per heavy atom.